The molecule has 46 heavy (non-hydrogen) atoms. The molecule has 0 saturated carbocycles. The second kappa shape index (κ2) is 10.3. The zero-order valence-electron chi connectivity index (χ0n) is 24.5. The molecule has 0 atom stereocenters. The smallest absolute Gasteiger partial charge is 0.238 e. The maximum absolute atomic E-state index is 10.5. The number of hydrogen-bond acceptors (Lipinski definition) is 4. The van der Waals surface area contributed by atoms with Crippen molar-refractivity contribution in [2.24, 2.45) is 0 Å². The topological polar surface area (TPSA) is 72.3 Å². The van der Waals surface area contributed by atoms with Crippen LogP contribution in [0, 0.1) is 11.3 Å². The number of nitriles is 1. The molecular weight excluding hydrogens is 564 g/mol. The Morgan fingerprint density at radius 1 is 0.435 bits per heavy atom. The lowest BCUT2D eigenvalue weighted by Crippen LogP contribution is -2.06. The van der Waals surface area contributed by atoms with Gasteiger partial charge in [-0.25, -0.2) is 4.98 Å². The highest BCUT2D eigenvalue weighted by molar-refractivity contribution is 6.10. The Morgan fingerprint density at radius 3 is 1.41 bits per heavy atom. The van der Waals surface area contributed by atoms with E-state index < -0.39 is 0 Å². The molecule has 6 aromatic carbocycles. The van der Waals surface area contributed by atoms with Crippen molar-refractivity contribution in [3.63, 3.8) is 0 Å². The number of aromatic nitrogens is 5. The highest BCUT2D eigenvalue weighted by Gasteiger charge is 2.19. The molecule has 9 aromatic rings. The summed E-state index contributed by atoms with van der Waals surface area (Å²) in [6.45, 7) is 0. The van der Waals surface area contributed by atoms with Crippen LogP contribution in [0.2, 0.25) is 0 Å². The molecule has 214 valence electrons. The Kier molecular flexibility index (Phi) is 5.77. The minimum absolute atomic E-state index is 0.496. The first kappa shape index (κ1) is 25.9. The first-order valence-electron chi connectivity index (χ1n) is 15.1. The van der Waals surface area contributed by atoms with E-state index in [4.69, 9.17) is 15.0 Å². The van der Waals surface area contributed by atoms with Crippen LogP contribution >= 0.6 is 0 Å². The van der Waals surface area contributed by atoms with E-state index in [0.717, 1.165) is 60.4 Å². The molecule has 0 aliphatic carbocycles. The lowest BCUT2D eigenvalue weighted by molar-refractivity contribution is 0.953. The monoisotopic (exact) mass is 588 g/mol. The molecule has 6 heteroatoms. The third-order valence-electron chi connectivity index (χ3n) is 8.63. The molecule has 0 bridgehead atoms. The largest absolute Gasteiger partial charge is 0.308 e. The Labute approximate surface area is 264 Å². The predicted molar refractivity (Wildman–Crippen MR) is 184 cm³/mol. The molecule has 3 aromatic heterocycles. The molecule has 0 spiro atoms. The summed E-state index contributed by atoms with van der Waals surface area (Å²) >= 11 is 0. The molecule has 0 N–H and O–H groups in total. The summed E-state index contributed by atoms with van der Waals surface area (Å²) in [5, 5.41) is 15.0. The van der Waals surface area contributed by atoms with Crippen molar-refractivity contribution in [2.75, 3.05) is 0 Å². The van der Waals surface area contributed by atoms with Crippen LogP contribution in [-0.2, 0) is 0 Å². The van der Waals surface area contributed by atoms with E-state index in [1.165, 1.54) is 0 Å². The number of benzene rings is 6. The average Bonchev–Trinajstić information content (AvgIpc) is 3.65. The van der Waals surface area contributed by atoms with Gasteiger partial charge in [-0.15, -0.1) is 0 Å². The number of hydrogen-bond donors (Lipinski definition) is 0. The van der Waals surface area contributed by atoms with Crippen molar-refractivity contribution in [2.45, 2.75) is 0 Å². The van der Waals surface area contributed by atoms with Gasteiger partial charge in [-0.3, -0.25) is 4.57 Å². The van der Waals surface area contributed by atoms with Gasteiger partial charge in [0.25, 0.3) is 0 Å². The van der Waals surface area contributed by atoms with Gasteiger partial charge >= 0.3 is 0 Å². The van der Waals surface area contributed by atoms with Gasteiger partial charge in [0.15, 0.2) is 11.6 Å². The van der Waals surface area contributed by atoms with Crippen LogP contribution in [0.1, 0.15) is 5.56 Å². The average molecular weight is 589 g/mol. The summed E-state index contributed by atoms with van der Waals surface area (Å²) in [7, 11) is 0. The minimum Gasteiger partial charge on any atom is -0.308 e. The fraction of sp³-hybridized carbons (Fsp3) is 0. The van der Waals surface area contributed by atoms with Gasteiger partial charge in [0.05, 0.1) is 33.3 Å². The number of rotatable bonds is 4. The van der Waals surface area contributed by atoms with Gasteiger partial charge in [0.1, 0.15) is 6.07 Å². The van der Waals surface area contributed by atoms with Gasteiger partial charge < -0.3 is 4.57 Å². The summed E-state index contributed by atoms with van der Waals surface area (Å²) in [6.07, 6.45) is 0. The van der Waals surface area contributed by atoms with E-state index in [1.54, 1.807) is 0 Å². The number of para-hydroxylation sites is 4. The second-order valence-corrected chi connectivity index (χ2v) is 11.2. The summed E-state index contributed by atoms with van der Waals surface area (Å²) in [5.41, 5.74) is 7.09. The van der Waals surface area contributed by atoms with Crippen LogP contribution < -0.4 is 0 Å². The zero-order chi connectivity index (χ0) is 30.6. The molecule has 0 aliphatic heterocycles. The molecule has 9 rings (SSSR count). The summed E-state index contributed by atoms with van der Waals surface area (Å²) in [6, 6.07) is 51.5. The van der Waals surface area contributed by atoms with Crippen molar-refractivity contribution < 1.29 is 0 Å². The number of fused-ring (bicyclic) bond motifs is 6. The zero-order valence-corrected chi connectivity index (χ0v) is 24.5. The van der Waals surface area contributed by atoms with Crippen LogP contribution in [0.5, 0.6) is 0 Å². The van der Waals surface area contributed by atoms with Gasteiger partial charge in [0.2, 0.25) is 5.95 Å². The maximum Gasteiger partial charge on any atom is 0.238 e. The summed E-state index contributed by atoms with van der Waals surface area (Å²) < 4.78 is 4.26. The van der Waals surface area contributed by atoms with Crippen molar-refractivity contribution in [1.29, 1.82) is 5.26 Å². The molecule has 6 nitrogen and oxygen atoms in total. The van der Waals surface area contributed by atoms with E-state index in [0.29, 0.717) is 23.2 Å². The third kappa shape index (κ3) is 3.93. The quantitative estimate of drug-likeness (QED) is 0.205. The molecular formula is C40H24N6. The number of nitrogens with zero attached hydrogens (tertiary/aromatic N) is 6. The van der Waals surface area contributed by atoms with E-state index >= 15 is 0 Å². The highest BCUT2D eigenvalue weighted by Crippen LogP contribution is 2.35. The fourth-order valence-corrected chi connectivity index (χ4v) is 6.59. The van der Waals surface area contributed by atoms with E-state index in [1.807, 2.05) is 84.9 Å². The second-order valence-electron chi connectivity index (χ2n) is 11.2. The Morgan fingerprint density at radius 2 is 0.891 bits per heavy atom. The minimum atomic E-state index is 0.496. The van der Waals surface area contributed by atoms with Crippen LogP contribution in [-0.4, -0.2) is 24.1 Å². The van der Waals surface area contributed by atoms with E-state index in [2.05, 4.69) is 75.9 Å². The maximum atomic E-state index is 10.5. The molecule has 0 unspecified atom stereocenters. The van der Waals surface area contributed by atoms with Crippen LogP contribution in [0.25, 0.3) is 78.0 Å². The highest BCUT2D eigenvalue weighted by atomic mass is 15.2. The van der Waals surface area contributed by atoms with Gasteiger partial charge in [-0.1, -0.05) is 103 Å². The van der Waals surface area contributed by atoms with Crippen LogP contribution in [0.15, 0.2) is 146 Å². The summed E-state index contributed by atoms with van der Waals surface area (Å²) in [4.78, 5) is 15.0. The van der Waals surface area contributed by atoms with E-state index in [-0.39, 0.29) is 0 Å². The van der Waals surface area contributed by atoms with Crippen molar-refractivity contribution in [3.8, 4) is 40.5 Å². The standard InChI is InChI=1S/C40H24N6/c41-25-28-24-27(22-23-33(28)45-34-18-8-4-14-29(34)30-15-5-9-19-35(30)45)39-42-38(26-12-2-1-3-13-26)43-40(44-39)46-36-20-10-6-16-31(36)32-17-7-11-21-37(32)46/h1-24H. The Hall–Kier alpha value is -6.58. The van der Waals surface area contributed by atoms with Gasteiger partial charge in [-0.2, -0.15) is 15.2 Å². The van der Waals surface area contributed by atoms with Crippen molar-refractivity contribution in [3.05, 3.63) is 151 Å². The predicted octanol–water partition coefficient (Wildman–Crippen LogP) is 9.27. The van der Waals surface area contributed by atoms with Gasteiger partial charge in [0, 0.05) is 32.7 Å². The molecule has 0 radical (unpaired) electrons. The molecule has 0 fully saturated rings. The Bertz CT molecular complexity index is 2550. The van der Waals surface area contributed by atoms with Crippen LogP contribution in [0.4, 0.5) is 0 Å². The lowest BCUT2D eigenvalue weighted by atomic mass is 10.1. The molecule has 0 saturated heterocycles. The van der Waals surface area contributed by atoms with E-state index in [9.17, 15) is 5.26 Å². The Balaban J connectivity index is 1.28. The van der Waals surface area contributed by atoms with Crippen LogP contribution in [0.3, 0.4) is 0 Å². The fourth-order valence-electron chi connectivity index (χ4n) is 6.59. The molecule has 0 aliphatic rings. The van der Waals surface area contributed by atoms with Crippen molar-refractivity contribution in [1.82, 2.24) is 24.1 Å². The normalized spacial score (nSPS) is 11.5. The third-order valence-corrected chi connectivity index (χ3v) is 8.63. The lowest BCUT2D eigenvalue weighted by Gasteiger charge is -2.13. The first-order valence-corrected chi connectivity index (χ1v) is 15.1. The van der Waals surface area contributed by atoms with Gasteiger partial charge in [-0.05, 0) is 42.5 Å². The first-order chi connectivity index (χ1) is 22.8. The summed E-state index contributed by atoms with van der Waals surface area (Å²) in [5.74, 6) is 1.58. The SMILES string of the molecule is N#Cc1cc(-c2nc(-c3ccccc3)nc(-n3c4ccccc4c4ccccc43)n2)ccc1-n1c2ccccc2c2ccccc21. The van der Waals surface area contributed by atoms with Crippen molar-refractivity contribution >= 4 is 43.6 Å². The molecule has 3 heterocycles. The molecule has 0 amide bonds.